The number of hydrogen-bond acceptors (Lipinski definition) is 3. The largest absolute Gasteiger partial charge is 0.460 e. The Kier molecular flexibility index (Phi) is 2.95. The third-order valence-corrected chi connectivity index (χ3v) is 2.60. The molecule has 0 saturated carbocycles. The zero-order chi connectivity index (χ0) is 12.4. The maximum Gasteiger partial charge on any atom is 0.379 e. The van der Waals surface area contributed by atoms with Gasteiger partial charge in [-0.1, -0.05) is 12.1 Å². The summed E-state index contributed by atoms with van der Waals surface area (Å²) in [5, 5.41) is 0.933. The molecule has 0 unspecified atom stereocenters. The van der Waals surface area contributed by atoms with Crippen molar-refractivity contribution in [1.82, 2.24) is 4.57 Å². The van der Waals surface area contributed by atoms with Gasteiger partial charge < -0.3 is 9.30 Å². The average molecular weight is 231 g/mol. The van der Waals surface area contributed by atoms with Crippen LogP contribution in [0.15, 0.2) is 30.5 Å². The van der Waals surface area contributed by atoms with Crippen LogP contribution in [0.2, 0.25) is 0 Å². The molecule has 0 atom stereocenters. The fourth-order valence-electron chi connectivity index (χ4n) is 1.85. The predicted molar refractivity (Wildman–Crippen MR) is 63.9 cm³/mol. The van der Waals surface area contributed by atoms with Crippen molar-refractivity contribution in [2.75, 3.05) is 6.61 Å². The molecule has 0 aliphatic rings. The minimum absolute atomic E-state index is 0.202. The van der Waals surface area contributed by atoms with Gasteiger partial charge in [0.1, 0.15) is 0 Å². The first-order valence-corrected chi connectivity index (χ1v) is 5.40. The minimum atomic E-state index is -0.804. The van der Waals surface area contributed by atoms with Crippen molar-refractivity contribution >= 4 is 22.7 Å². The number of hydrogen-bond donors (Lipinski definition) is 0. The lowest BCUT2D eigenvalue weighted by Gasteiger charge is -2.04. The number of aromatic nitrogens is 1. The minimum Gasteiger partial charge on any atom is -0.460 e. The summed E-state index contributed by atoms with van der Waals surface area (Å²) in [4.78, 5) is 23.4. The van der Waals surface area contributed by atoms with E-state index in [1.165, 1.54) is 0 Å². The number of benzene rings is 1. The van der Waals surface area contributed by atoms with Gasteiger partial charge in [0.2, 0.25) is 0 Å². The molecule has 0 bridgehead atoms. The lowest BCUT2D eigenvalue weighted by atomic mass is 10.1. The van der Waals surface area contributed by atoms with Crippen LogP contribution in [0.5, 0.6) is 0 Å². The number of nitrogens with zero attached hydrogens (tertiary/aromatic N) is 1. The van der Waals surface area contributed by atoms with E-state index in [1.54, 1.807) is 19.1 Å². The highest BCUT2D eigenvalue weighted by Crippen LogP contribution is 2.20. The van der Waals surface area contributed by atoms with E-state index in [1.807, 2.05) is 29.9 Å². The third-order valence-electron chi connectivity index (χ3n) is 2.60. The molecule has 0 amide bonds. The molecule has 17 heavy (non-hydrogen) atoms. The van der Waals surface area contributed by atoms with Crippen LogP contribution in [-0.4, -0.2) is 22.9 Å². The van der Waals surface area contributed by atoms with E-state index in [4.69, 9.17) is 4.74 Å². The van der Waals surface area contributed by atoms with E-state index < -0.39 is 11.8 Å². The second-order valence-corrected chi connectivity index (χ2v) is 3.72. The van der Waals surface area contributed by atoms with Gasteiger partial charge in [0.25, 0.3) is 5.78 Å². The summed E-state index contributed by atoms with van der Waals surface area (Å²) < 4.78 is 6.55. The first kappa shape index (κ1) is 11.4. The molecule has 4 nitrogen and oxygen atoms in total. The van der Waals surface area contributed by atoms with Gasteiger partial charge in [0, 0.05) is 18.6 Å². The van der Waals surface area contributed by atoms with Gasteiger partial charge in [-0.25, -0.2) is 4.79 Å². The monoisotopic (exact) mass is 231 g/mol. The summed E-state index contributed by atoms with van der Waals surface area (Å²) in [5.74, 6) is -1.40. The number of aryl methyl sites for hydroxylation is 1. The third kappa shape index (κ3) is 1.93. The number of ketones is 1. The second kappa shape index (κ2) is 4.41. The molecule has 1 heterocycles. The highest BCUT2D eigenvalue weighted by atomic mass is 16.5. The van der Waals surface area contributed by atoms with E-state index in [9.17, 15) is 9.59 Å². The summed E-state index contributed by atoms with van der Waals surface area (Å²) in [7, 11) is 1.84. The summed E-state index contributed by atoms with van der Waals surface area (Å²) in [6.07, 6.45) is 1.85. The van der Waals surface area contributed by atoms with Crippen molar-refractivity contribution in [3.05, 3.63) is 36.0 Å². The first-order valence-electron chi connectivity index (χ1n) is 5.40. The smallest absolute Gasteiger partial charge is 0.379 e. The molecule has 0 N–H and O–H groups in total. The number of esters is 1. The number of para-hydroxylation sites is 1. The number of fused-ring (bicyclic) bond motifs is 1. The molecular formula is C13H13NO3. The van der Waals surface area contributed by atoms with E-state index in [-0.39, 0.29) is 6.61 Å². The normalized spacial score (nSPS) is 10.5. The SMILES string of the molecule is CCOC(=O)C(=O)c1cccc2ccn(C)c12. The fraction of sp³-hybridized carbons (Fsp3) is 0.231. The van der Waals surface area contributed by atoms with Gasteiger partial charge in [-0.15, -0.1) is 0 Å². The van der Waals surface area contributed by atoms with E-state index in [0.717, 1.165) is 10.9 Å². The van der Waals surface area contributed by atoms with Gasteiger partial charge in [-0.05, 0) is 19.1 Å². The van der Waals surface area contributed by atoms with Crippen LogP contribution in [0.3, 0.4) is 0 Å². The van der Waals surface area contributed by atoms with Crippen molar-refractivity contribution in [2.45, 2.75) is 6.92 Å². The van der Waals surface area contributed by atoms with Crippen LogP contribution in [0.1, 0.15) is 17.3 Å². The van der Waals surface area contributed by atoms with Gasteiger partial charge in [0.15, 0.2) is 0 Å². The lowest BCUT2D eigenvalue weighted by molar-refractivity contribution is -0.137. The molecule has 2 rings (SSSR count). The van der Waals surface area contributed by atoms with Crippen molar-refractivity contribution < 1.29 is 14.3 Å². The van der Waals surface area contributed by atoms with Gasteiger partial charge in [-0.3, -0.25) is 4.79 Å². The predicted octanol–water partition coefficient (Wildman–Crippen LogP) is 1.92. The molecule has 0 aliphatic carbocycles. The Morgan fingerprint density at radius 3 is 2.76 bits per heavy atom. The molecule has 0 spiro atoms. The number of Topliss-reactive ketones (excluding diaryl/α,β-unsaturated/α-hetero) is 1. The van der Waals surface area contributed by atoms with Gasteiger partial charge in [0.05, 0.1) is 17.7 Å². The van der Waals surface area contributed by atoms with Crippen molar-refractivity contribution in [3.8, 4) is 0 Å². The molecule has 2 aromatic rings. The molecule has 88 valence electrons. The van der Waals surface area contributed by atoms with E-state index >= 15 is 0 Å². The summed E-state index contributed by atoms with van der Waals surface area (Å²) in [5.41, 5.74) is 1.14. The number of rotatable bonds is 3. The van der Waals surface area contributed by atoms with Gasteiger partial charge >= 0.3 is 5.97 Å². The molecule has 0 aliphatic heterocycles. The second-order valence-electron chi connectivity index (χ2n) is 3.72. The Balaban J connectivity index is 2.51. The molecule has 4 heteroatoms. The quantitative estimate of drug-likeness (QED) is 0.460. The summed E-state index contributed by atoms with van der Waals surface area (Å²) in [6.45, 7) is 1.88. The molecule has 1 aromatic heterocycles. The highest BCUT2D eigenvalue weighted by Gasteiger charge is 2.20. The first-order chi connectivity index (χ1) is 8.15. The Labute approximate surface area is 98.8 Å². The summed E-state index contributed by atoms with van der Waals surface area (Å²) >= 11 is 0. The summed E-state index contributed by atoms with van der Waals surface area (Å²) in [6, 6.07) is 7.20. The van der Waals surface area contributed by atoms with Crippen molar-refractivity contribution in [1.29, 1.82) is 0 Å². The molecule has 0 fully saturated rings. The van der Waals surface area contributed by atoms with Crippen molar-refractivity contribution in [3.63, 3.8) is 0 Å². The van der Waals surface area contributed by atoms with Crippen LogP contribution in [-0.2, 0) is 16.6 Å². The van der Waals surface area contributed by atoms with Crippen LogP contribution in [0.4, 0.5) is 0 Å². The van der Waals surface area contributed by atoms with E-state index in [0.29, 0.717) is 5.56 Å². The number of carbonyl (C=O) groups excluding carboxylic acids is 2. The average Bonchev–Trinajstić information content (AvgIpc) is 2.71. The van der Waals surface area contributed by atoms with Crippen LogP contribution in [0, 0.1) is 0 Å². The maximum atomic E-state index is 11.9. The fourth-order valence-corrected chi connectivity index (χ4v) is 1.85. The molecule has 1 aromatic carbocycles. The topological polar surface area (TPSA) is 48.3 Å². The Morgan fingerprint density at radius 1 is 1.29 bits per heavy atom. The molecular weight excluding hydrogens is 218 g/mol. The molecule has 0 saturated heterocycles. The van der Waals surface area contributed by atoms with E-state index in [2.05, 4.69) is 0 Å². The zero-order valence-electron chi connectivity index (χ0n) is 9.77. The number of ether oxygens (including phenoxy) is 1. The van der Waals surface area contributed by atoms with Gasteiger partial charge in [-0.2, -0.15) is 0 Å². The highest BCUT2D eigenvalue weighted by molar-refractivity contribution is 6.42. The Morgan fingerprint density at radius 2 is 2.06 bits per heavy atom. The van der Waals surface area contributed by atoms with Crippen LogP contribution in [0.25, 0.3) is 10.9 Å². The zero-order valence-corrected chi connectivity index (χ0v) is 9.77. The number of carbonyl (C=O) groups is 2. The molecule has 0 radical (unpaired) electrons. The van der Waals surface area contributed by atoms with Crippen molar-refractivity contribution in [2.24, 2.45) is 7.05 Å². The van der Waals surface area contributed by atoms with Crippen LogP contribution < -0.4 is 0 Å². The lowest BCUT2D eigenvalue weighted by Crippen LogP contribution is -2.18. The van der Waals surface area contributed by atoms with Crippen LogP contribution >= 0.6 is 0 Å². The standard InChI is InChI=1S/C13H13NO3/c1-3-17-13(16)12(15)10-6-4-5-9-7-8-14(2)11(9)10/h4-8H,3H2,1-2H3. The Hall–Kier alpha value is -2.10. The maximum absolute atomic E-state index is 11.9. The Bertz CT molecular complexity index is 583.